The fourth-order valence-corrected chi connectivity index (χ4v) is 3.19. The van der Waals surface area contributed by atoms with Gasteiger partial charge in [0.25, 0.3) is 0 Å². The van der Waals surface area contributed by atoms with E-state index in [9.17, 15) is 4.79 Å². The van der Waals surface area contributed by atoms with Crippen LogP contribution in [0.15, 0.2) is 30.3 Å². The van der Waals surface area contributed by atoms with Crippen LogP contribution in [0.2, 0.25) is 0 Å². The van der Waals surface area contributed by atoms with Gasteiger partial charge in [-0.1, -0.05) is 18.2 Å². The van der Waals surface area contributed by atoms with Crippen LogP contribution < -0.4 is 0 Å². The molecule has 0 spiro atoms. The fourth-order valence-electron chi connectivity index (χ4n) is 3.19. The Morgan fingerprint density at radius 3 is 2.68 bits per heavy atom. The molecule has 4 rings (SSSR count). The van der Waals surface area contributed by atoms with E-state index in [2.05, 4.69) is 0 Å². The van der Waals surface area contributed by atoms with Gasteiger partial charge in [0.05, 0.1) is 12.2 Å². The summed E-state index contributed by atoms with van der Waals surface area (Å²) in [5.41, 5.74) is 0.484. The van der Waals surface area contributed by atoms with Crippen LogP contribution in [0.3, 0.4) is 0 Å². The van der Waals surface area contributed by atoms with Crippen molar-refractivity contribution in [3.8, 4) is 0 Å². The highest BCUT2D eigenvalue weighted by molar-refractivity contribution is 5.89. The van der Waals surface area contributed by atoms with E-state index in [1.807, 2.05) is 19.9 Å². The highest BCUT2D eigenvalue weighted by atomic mass is 16.8. The number of fused-ring (bicyclic) bond motifs is 4. The Morgan fingerprint density at radius 2 is 1.91 bits per heavy atom. The molecule has 5 unspecified atom stereocenters. The van der Waals surface area contributed by atoms with E-state index in [1.165, 1.54) is 0 Å². The molecule has 6 heteroatoms. The third-order valence-corrected chi connectivity index (χ3v) is 4.11. The molecule has 0 amide bonds. The normalized spacial score (nSPS) is 38.5. The van der Waals surface area contributed by atoms with Crippen molar-refractivity contribution >= 4 is 5.97 Å². The molecular weight excluding hydrogens is 288 g/mol. The van der Waals surface area contributed by atoms with Crippen LogP contribution in [0, 0.1) is 0 Å². The minimum Gasteiger partial charge on any atom is -0.450 e. The first-order chi connectivity index (χ1) is 10.5. The van der Waals surface area contributed by atoms with Crippen molar-refractivity contribution in [3.05, 3.63) is 35.9 Å². The molecule has 0 N–H and O–H groups in total. The maximum Gasteiger partial charge on any atom is 0.338 e. The molecule has 3 fully saturated rings. The van der Waals surface area contributed by atoms with Crippen LogP contribution in [0.25, 0.3) is 0 Å². The summed E-state index contributed by atoms with van der Waals surface area (Å²) in [7, 11) is 0. The molecule has 3 aliphatic heterocycles. The van der Waals surface area contributed by atoms with Gasteiger partial charge in [-0.15, -0.1) is 0 Å². The lowest BCUT2D eigenvalue weighted by atomic mass is 10.0. The number of esters is 1. The number of benzene rings is 1. The van der Waals surface area contributed by atoms with Crippen molar-refractivity contribution in [2.45, 2.75) is 50.3 Å². The molecule has 0 aliphatic carbocycles. The van der Waals surface area contributed by atoms with Gasteiger partial charge in [0.2, 0.25) is 0 Å². The van der Waals surface area contributed by atoms with Crippen molar-refractivity contribution in [1.29, 1.82) is 0 Å². The van der Waals surface area contributed by atoms with Crippen molar-refractivity contribution < 1.29 is 28.5 Å². The summed E-state index contributed by atoms with van der Waals surface area (Å²) < 4.78 is 28.7. The molecule has 5 atom stereocenters. The first kappa shape index (κ1) is 14.1. The lowest BCUT2D eigenvalue weighted by Crippen LogP contribution is -2.54. The van der Waals surface area contributed by atoms with Crippen LogP contribution >= 0.6 is 0 Å². The van der Waals surface area contributed by atoms with Crippen molar-refractivity contribution in [2.75, 3.05) is 6.61 Å². The molecule has 118 valence electrons. The first-order valence-electron chi connectivity index (χ1n) is 7.42. The molecule has 0 aromatic heterocycles. The summed E-state index contributed by atoms with van der Waals surface area (Å²) >= 11 is 0. The van der Waals surface area contributed by atoms with Gasteiger partial charge in [0.1, 0.15) is 18.3 Å². The van der Waals surface area contributed by atoms with E-state index in [4.69, 9.17) is 23.7 Å². The maximum atomic E-state index is 12.3. The van der Waals surface area contributed by atoms with Gasteiger partial charge in [0.15, 0.2) is 18.2 Å². The van der Waals surface area contributed by atoms with Crippen molar-refractivity contribution in [3.63, 3.8) is 0 Å². The second kappa shape index (κ2) is 5.03. The SMILES string of the molecule is CC1(C)OC2C3COC(O3)C(OC(=O)c3ccccc3)C2O1. The maximum absolute atomic E-state index is 12.3. The van der Waals surface area contributed by atoms with E-state index in [-0.39, 0.29) is 18.3 Å². The Kier molecular flexibility index (Phi) is 3.23. The van der Waals surface area contributed by atoms with Crippen LogP contribution in [0.4, 0.5) is 0 Å². The highest BCUT2D eigenvalue weighted by Gasteiger charge is 2.60. The topological polar surface area (TPSA) is 63.2 Å². The molecule has 1 aromatic carbocycles. The van der Waals surface area contributed by atoms with Gasteiger partial charge in [-0.3, -0.25) is 0 Å². The summed E-state index contributed by atoms with van der Waals surface area (Å²) in [5, 5.41) is 0. The molecule has 22 heavy (non-hydrogen) atoms. The highest BCUT2D eigenvalue weighted by Crippen LogP contribution is 2.41. The Labute approximate surface area is 128 Å². The van der Waals surface area contributed by atoms with Crippen LogP contribution in [-0.2, 0) is 23.7 Å². The first-order valence-corrected chi connectivity index (χ1v) is 7.42. The van der Waals surface area contributed by atoms with Crippen molar-refractivity contribution in [2.24, 2.45) is 0 Å². The molecule has 3 aliphatic rings. The largest absolute Gasteiger partial charge is 0.450 e. The Morgan fingerprint density at radius 1 is 1.18 bits per heavy atom. The van der Waals surface area contributed by atoms with E-state index in [1.54, 1.807) is 24.3 Å². The quantitative estimate of drug-likeness (QED) is 0.771. The number of carbonyl (C=O) groups is 1. The second-order valence-electron chi connectivity index (χ2n) is 6.18. The zero-order chi connectivity index (χ0) is 15.3. The average molecular weight is 306 g/mol. The molecule has 3 saturated heterocycles. The molecule has 6 nitrogen and oxygen atoms in total. The lowest BCUT2D eigenvalue weighted by Gasteiger charge is -2.34. The summed E-state index contributed by atoms with van der Waals surface area (Å²) in [5.74, 6) is -1.14. The number of hydrogen-bond donors (Lipinski definition) is 0. The number of ether oxygens (including phenoxy) is 5. The summed E-state index contributed by atoms with van der Waals surface area (Å²) in [4.78, 5) is 12.3. The summed E-state index contributed by atoms with van der Waals surface area (Å²) in [6.07, 6.45) is -2.09. The zero-order valence-corrected chi connectivity index (χ0v) is 12.4. The summed E-state index contributed by atoms with van der Waals surface area (Å²) in [6.45, 7) is 4.11. The van der Waals surface area contributed by atoms with E-state index in [0.29, 0.717) is 12.2 Å². The zero-order valence-electron chi connectivity index (χ0n) is 12.4. The average Bonchev–Trinajstić information content (AvgIpc) is 3.07. The molecule has 0 saturated carbocycles. The van der Waals surface area contributed by atoms with Gasteiger partial charge in [0, 0.05) is 0 Å². The minimum atomic E-state index is -0.722. The van der Waals surface area contributed by atoms with Gasteiger partial charge in [-0.05, 0) is 26.0 Å². The van der Waals surface area contributed by atoms with Crippen LogP contribution in [0.1, 0.15) is 24.2 Å². The van der Waals surface area contributed by atoms with Gasteiger partial charge in [-0.25, -0.2) is 4.79 Å². The third-order valence-electron chi connectivity index (χ3n) is 4.11. The number of hydrogen-bond acceptors (Lipinski definition) is 6. The van der Waals surface area contributed by atoms with Gasteiger partial charge >= 0.3 is 5.97 Å². The molecule has 2 bridgehead atoms. The molecule has 0 radical (unpaired) electrons. The third kappa shape index (κ3) is 2.32. The number of rotatable bonds is 2. The predicted octanol–water partition coefficient (Wildman–Crippen LogP) is 1.49. The van der Waals surface area contributed by atoms with E-state index >= 15 is 0 Å². The van der Waals surface area contributed by atoms with Gasteiger partial charge < -0.3 is 23.7 Å². The van der Waals surface area contributed by atoms with Crippen molar-refractivity contribution in [1.82, 2.24) is 0 Å². The monoisotopic (exact) mass is 306 g/mol. The number of carbonyl (C=O) groups excluding carboxylic acids is 1. The van der Waals surface area contributed by atoms with E-state index in [0.717, 1.165) is 0 Å². The Balaban J connectivity index is 1.56. The lowest BCUT2D eigenvalue weighted by molar-refractivity contribution is -0.205. The molecule has 3 heterocycles. The molecular formula is C16H18O6. The fraction of sp³-hybridized carbons (Fsp3) is 0.562. The molecule has 1 aromatic rings. The standard InChI is InChI=1S/C16H18O6/c1-16(2)21-11-10-8-18-15(19-10)13(12(11)22-16)20-14(17)9-6-4-3-5-7-9/h3-7,10-13,15H,8H2,1-2H3. The summed E-state index contributed by atoms with van der Waals surface area (Å²) in [6, 6.07) is 8.83. The van der Waals surface area contributed by atoms with E-state index < -0.39 is 24.2 Å². The van der Waals surface area contributed by atoms with Gasteiger partial charge in [-0.2, -0.15) is 0 Å². The second-order valence-corrected chi connectivity index (χ2v) is 6.18. The van der Waals surface area contributed by atoms with Crippen LogP contribution in [-0.4, -0.2) is 49.1 Å². The van der Waals surface area contributed by atoms with Crippen LogP contribution in [0.5, 0.6) is 0 Å². The smallest absolute Gasteiger partial charge is 0.338 e. The Bertz CT molecular complexity index is 571. The Hall–Kier alpha value is -1.47. The predicted molar refractivity (Wildman–Crippen MR) is 74.1 cm³/mol. The minimum absolute atomic E-state index is 0.177.